The molecule has 3 unspecified atom stereocenters. The van der Waals surface area contributed by atoms with Crippen LogP contribution in [0, 0.1) is 11.7 Å². The topological polar surface area (TPSA) is 30.5 Å². The first kappa shape index (κ1) is 15.4. The monoisotopic (exact) mass is 357 g/mol. The summed E-state index contributed by atoms with van der Waals surface area (Å²) in [5.74, 6) is 0.250. The molecule has 0 amide bonds. The van der Waals surface area contributed by atoms with Gasteiger partial charge in [0.15, 0.2) is 0 Å². The van der Waals surface area contributed by atoms with E-state index in [0.717, 1.165) is 42.5 Å². The predicted octanol–water partition coefficient (Wildman–Crippen LogP) is 3.43. The van der Waals surface area contributed by atoms with E-state index in [0.29, 0.717) is 12.5 Å². The average molecular weight is 358 g/mol. The maximum Gasteiger partial charge on any atom is 0.124 e. The van der Waals surface area contributed by atoms with Crippen molar-refractivity contribution in [1.82, 2.24) is 5.32 Å². The van der Waals surface area contributed by atoms with Crippen molar-refractivity contribution in [3.8, 4) is 0 Å². The van der Waals surface area contributed by atoms with Gasteiger partial charge in [0.25, 0.3) is 0 Å². The molecule has 3 rings (SSSR count). The van der Waals surface area contributed by atoms with E-state index < -0.39 is 0 Å². The third kappa shape index (κ3) is 3.16. The summed E-state index contributed by atoms with van der Waals surface area (Å²) in [6.07, 6.45) is 2.98. The zero-order valence-corrected chi connectivity index (χ0v) is 13.8. The van der Waals surface area contributed by atoms with Crippen molar-refractivity contribution in [1.29, 1.82) is 0 Å². The molecule has 5 heteroatoms. The average Bonchev–Trinajstić information content (AvgIpc) is 2.90. The van der Waals surface area contributed by atoms with Gasteiger partial charge in [-0.1, -0.05) is 22.0 Å². The molecular weight excluding hydrogens is 337 g/mol. The number of hydrogen-bond acceptors (Lipinski definition) is 3. The fraction of sp³-hybridized carbons (Fsp3) is 0.625. The molecule has 1 spiro atoms. The van der Waals surface area contributed by atoms with E-state index in [2.05, 4.69) is 21.2 Å². The van der Waals surface area contributed by atoms with Gasteiger partial charge in [-0.05, 0) is 43.5 Å². The molecule has 1 N–H and O–H groups in total. The van der Waals surface area contributed by atoms with E-state index in [1.165, 1.54) is 12.1 Å². The summed E-state index contributed by atoms with van der Waals surface area (Å²) in [7, 11) is 1.97. The van der Waals surface area contributed by atoms with Crippen LogP contribution in [0.1, 0.15) is 30.9 Å². The number of hydrogen-bond donors (Lipinski definition) is 1. The fourth-order valence-corrected chi connectivity index (χ4v) is 4.21. The maximum absolute atomic E-state index is 13.3. The van der Waals surface area contributed by atoms with Crippen molar-refractivity contribution in [2.75, 3.05) is 26.9 Å². The quantitative estimate of drug-likeness (QED) is 0.898. The van der Waals surface area contributed by atoms with E-state index in [-0.39, 0.29) is 17.5 Å². The van der Waals surface area contributed by atoms with Gasteiger partial charge in [-0.2, -0.15) is 0 Å². The third-order valence-corrected chi connectivity index (χ3v) is 5.36. The van der Waals surface area contributed by atoms with Crippen LogP contribution < -0.4 is 5.32 Å². The summed E-state index contributed by atoms with van der Waals surface area (Å²) >= 11 is 3.49. The minimum absolute atomic E-state index is 0.107. The number of halogens is 2. The van der Waals surface area contributed by atoms with Gasteiger partial charge in [0.2, 0.25) is 0 Å². The highest BCUT2D eigenvalue weighted by atomic mass is 79.9. The van der Waals surface area contributed by atoms with Gasteiger partial charge in [-0.25, -0.2) is 4.39 Å². The third-order valence-electron chi connectivity index (χ3n) is 4.68. The number of benzene rings is 1. The second-order valence-electron chi connectivity index (χ2n) is 6.02. The Morgan fingerprint density at radius 3 is 2.95 bits per heavy atom. The summed E-state index contributed by atoms with van der Waals surface area (Å²) in [5, 5.41) is 3.41. The van der Waals surface area contributed by atoms with E-state index in [9.17, 15) is 4.39 Å². The summed E-state index contributed by atoms with van der Waals surface area (Å²) < 4.78 is 25.7. The molecule has 0 saturated carbocycles. The van der Waals surface area contributed by atoms with Crippen LogP contribution in [0.15, 0.2) is 22.7 Å². The molecule has 3 nitrogen and oxygen atoms in total. The van der Waals surface area contributed by atoms with Gasteiger partial charge in [0.05, 0.1) is 12.2 Å². The van der Waals surface area contributed by atoms with Crippen molar-refractivity contribution in [3.63, 3.8) is 0 Å². The van der Waals surface area contributed by atoms with Crippen LogP contribution in [0.5, 0.6) is 0 Å². The normalized spacial score (nSPS) is 30.7. The highest BCUT2D eigenvalue weighted by Gasteiger charge is 2.43. The SMILES string of the molecule is CNC(c1ccc(F)cc1Br)C1CCOC2(CCOC2)C1. The van der Waals surface area contributed by atoms with Crippen LogP contribution in [0.3, 0.4) is 0 Å². The van der Waals surface area contributed by atoms with E-state index in [1.54, 1.807) is 0 Å². The van der Waals surface area contributed by atoms with Gasteiger partial charge in [-0.15, -0.1) is 0 Å². The van der Waals surface area contributed by atoms with Crippen LogP contribution in [0.25, 0.3) is 0 Å². The molecule has 0 bridgehead atoms. The first-order chi connectivity index (χ1) is 10.1. The largest absolute Gasteiger partial charge is 0.378 e. The Bertz CT molecular complexity index is 505. The molecular formula is C16H21BrFNO2. The van der Waals surface area contributed by atoms with Gasteiger partial charge >= 0.3 is 0 Å². The Morgan fingerprint density at radius 2 is 2.29 bits per heavy atom. The van der Waals surface area contributed by atoms with Crippen LogP contribution >= 0.6 is 15.9 Å². The van der Waals surface area contributed by atoms with Crippen molar-refractivity contribution in [3.05, 3.63) is 34.1 Å². The minimum Gasteiger partial charge on any atom is -0.378 e. The van der Waals surface area contributed by atoms with Gasteiger partial charge in [0, 0.05) is 30.1 Å². The van der Waals surface area contributed by atoms with Gasteiger partial charge in [-0.3, -0.25) is 0 Å². The van der Waals surface area contributed by atoms with Crippen LogP contribution in [0.4, 0.5) is 4.39 Å². The van der Waals surface area contributed by atoms with Gasteiger partial charge in [0.1, 0.15) is 5.82 Å². The molecule has 2 aliphatic heterocycles. The molecule has 2 saturated heterocycles. The summed E-state index contributed by atoms with van der Waals surface area (Å²) in [6, 6.07) is 5.13. The molecule has 116 valence electrons. The molecule has 21 heavy (non-hydrogen) atoms. The molecule has 1 aromatic rings. The molecule has 1 aromatic carbocycles. The lowest BCUT2D eigenvalue weighted by molar-refractivity contribution is -0.103. The molecule has 0 radical (unpaired) electrons. The lowest BCUT2D eigenvalue weighted by atomic mass is 9.79. The number of ether oxygens (including phenoxy) is 2. The molecule has 0 aliphatic carbocycles. The molecule has 2 fully saturated rings. The summed E-state index contributed by atoms with van der Waals surface area (Å²) in [4.78, 5) is 0. The minimum atomic E-state index is -0.215. The molecule has 3 atom stereocenters. The van der Waals surface area contributed by atoms with Crippen molar-refractivity contribution in [2.24, 2.45) is 5.92 Å². The highest BCUT2D eigenvalue weighted by molar-refractivity contribution is 9.10. The Labute approximate surface area is 133 Å². The second-order valence-corrected chi connectivity index (χ2v) is 6.87. The van der Waals surface area contributed by atoms with E-state index in [4.69, 9.17) is 9.47 Å². The van der Waals surface area contributed by atoms with E-state index in [1.807, 2.05) is 13.1 Å². The number of nitrogens with one attached hydrogen (secondary N) is 1. The first-order valence-electron chi connectivity index (χ1n) is 7.47. The summed E-state index contributed by atoms with van der Waals surface area (Å²) in [6.45, 7) is 2.26. The lowest BCUT2D eigenvalue weighted by Gasteiger charge is -2.40. The van der Waals surface area contributed by atoms with Crippen LogP contribution in [-0.4, -0.2) is 32.5 Å². The maximum atomic E-state index is 13.3. The van der Waals surface area contributed by atoms with Crippen molar-refractivity contribution >= 4 is 15.9 Å². The van der Waals surface area contributed by atoms with Crippen molar-refractivity contribution < 1.29 is 13.9 Å². The van der Waals surface area contributed by atoms with Crippen LogP contribution in [-0.2, 0) is 9.47 Å². The number of rotatable bonds is 3. The fourth-order valence-electron chi connectivity index (χ4n) is 3.61. The Balaban J connectivity index is 1.82. The zero-order chi connectivity index (χ0) is 14.9. The zero-order valence-electron chi connectivity index (χ0n) is 12.2. The van der Waals surface area contributed by atoms with Crippen LogP contribution in [0.2, 0.25) is 0 Å². The lowest BCUT2D eigenvalue weighted by Crippen LogP contribution is -2.43. The summed E-state index contributed by atoms with van der Waals surface area (Å²) in [5.41, 5.74) is 1.00. The Kier molecular flexibility index (Phi) is 4.64. The smallest absolute Gasteiger partial charge is 0.124 e. The second kappa shape index (κ2) is 6.32. The highest BCUT2D eigenvalue weighted by Crippen LogP contribution is 2.42. The van der Waals surface area contributed by atoms with Gasteiger partial charge < -0.3 is 14.8 Å². The van der Waals surface area contributed by atoms with E-state index >= 15 is 0 Å². The molecule has 0 aromatic heterocycles. The molecule has 2 heterocycles. The van der Waals surface area contributed by atoms with Crippen molar-refractivity contribution in [2.45, 2.75) is 30.9 Å². The standard InChI is InChI=1S/C16H21BrFNO2/c1-19-15(13-3-2-12(18)8-14(13)17)11-4-6-21-16(9-11)5-7-20-10-16/h2-3,8,11,15,19H,4-7,9-10H2,1H3. The Hall–Kier alpha value is -0.490. The Morgan fingerprint density at radius 1 is 1.43 bits per heavy atom. The predicted molar refractivity (Wildman–Crippen MR) is 82.7 cm³/mol. The first-order valence-corrected chi connectivity index (χ1v) is 8.27. The molecule has 2 aliphatic rings.